The van der Waals surface area contributed by atoms with Crippen LogP contribution in [0.25, 0.3) is 0 Å². The molecule has 98 valence electrons. The molecule has 1 aliphatic rings. The molecule has 0 saturated heterocycles. The van der Waals surface area contributed by atoms with E-state index < -0.39 is 15.8 Å². The van der Waals surface area contributed by atoms with E-state index in [0.717, 1.165) is 25.3 Å². The Hall–Kier alpha value is -1.05. The summed E-state index contributed by atoms with van der Waals surface area (Å²) in [4.78, 5) is -0.455. The van der Waals surface area contributed by atoms with Crippen LogP contribution in [-0.4, -0.2) is 19.4 Å². The number of halogens is 1. The average molecular weight is 288 g/mol. The van der Waals surface area contributed by atoms with Gasteiger partial charge in [0.2, 0.25) is 10.0 Å². The average Bonchev–Trinajstić information content (AvgIpc) is 2.23. The minimum Gasteiger partial charge on any atom is -0.389 e. The molecule has 0 unspecified atom stereocenters. The highest BCUT2D eigenvalue weighted by Crippen LogP contribution is 2.23. The summed E-state index contributed by atoms with van der Waals surface area (Å²) in [7, 11) is -3.78. The molecule has 1 saturated carbocycles. The van der Waals surface area contributed by atoms with Crippen LogP contribution in [0.4, 0.5) is 4.39 Å². The van der Waals surface area contributed by atoms with Crippen molar-refractivity contribution in [3.63, 3.8) is 0 Å². The monoisotopic (exact) mass is 288 g/mol. The lowest BCUT2D eigenvalue weighted by atomic mass is 9.94. The Balaban J connectivity index is 2.43. The third-order valence-corrected chi connectivity index (χ3v) is 4.71. The first kappa shape index (κ1) is 13.4. The van der Waals surface area contributed by atoms with E-state index in [-0.39, 0.29) is 21.5 Å². The van der Waals surface area contributed by atoms with Gasteiger partial charge in [0.05, 0.1) is 10.5 Å². The number of rotatable bonds is 4. The van der Waals surface area contributed by atoms with Gasteiger partial charge in [0.25, 0.3) is 0 Å². The van der Waals surface area contributed by atoms with Gasteiger partial charge < -0.3 is 5.73 Å². The van der Waals surface area contributed by atoms with Gasteiger partial charge in [-0.3, -0.25) is 0 Å². The molecular weight excluding hydrogens is 275 g/mol. The molecule has 1 fully saturated rings. The first-order valence-corrected chi connectivity index (χ1v) is 7.41. The molecule has 1 aromatic carbocycles. The Labute approximate surface area is 110 Å². The summed E-state index contributed by atoms with van der Waals surface area (Å²) in [6.45, 7) is 0. The predicted octanol–water partition coefficient (Wildman–Crippen LogP) is 1.29. The van der Waals surface area contributed by atoms with Gasteiger partial charge in [-0.2, -0.15) is 0 Å². The van der Waals surface area contributed by atoms with Crippen molar-refractivity contribution in [2.24, 2.45) is 5.73 Å². The minimum atomic E-state index is -3.78. The van der Waals surface area contributed by atoms with Crippen molar-refractivity contribution in [2.45, 2.75) is 30.2 Å². The second-order valence-electron chi connectivity index (χ2n) is 4.23. The molecule has 1 aliphatic carbocycles. The van der Waals surface area contributed by atoms with Crippen LogP contribution >= 0.6 is 12.2 Å². The highest BCUT2D eigenvalue weighted by atomic mass is 32.2. The van der Waals surface area contributed by atoms with Crippen LogP contribution in [0.1, 0.15) is 24.8 Å². The first-order valence-electron chi connectivity index (χ1n) is 5.52. The number of hydrogen-bond donors (Lipinski definition) is 2. The molecule has 0 amide bonds. The predicted molar refractivity (Wildman–Crippen MR) is 70.2 cm³/mol. The lowest BCUT2D eigenvalue weighted by molar-refractivity contribution is 0.383. The van der Waals surface area contributed by atoms with Crippen LogP contribution in [0.2, 0.25) is 0 Å². The molecule has 0 bridgehead atoms. The summed E-state index contributed by atoms with van der Waals surface area (Å²) in [5, 5.41) is 0. The molecule has 0 aliphatic heterocycles. The van der Waals surface area contributed by atoms with Gasteiger partial charge in [0.1, 0.15) is 10.8 Å². The van der Waals surface area contributed by atoms with Gasteiger partial charge in [0, 0.05) is 6.04 Å². The highest BCUT2D eigenvalue weighted by Gasteiger charge is 2.28. The molecule has 0 radical (unpaired) electrons. The smallest absolute Gasteiger partial charge is 0.241 e. The van der Waals surface area contributed by atoms with Crippen molar-refractivity contribution in [1.82, 2.24) is 4.72 Å². The topological polar surface area (TPSA) is 72.2 Å². The van der Waals surface area contributed by atoms with Crippen molar-refractivity contribution < 1.29 is 12.8 Å². The summed E-state index contributed by atoms with van der Waals surface area (Å²) >= 11 is 4.71. The minimum absolute atomic E-state index is 0.0718. The van der Waals surface area contributed by atoms with E-state index in [9.17, 15) is 12.8 Å². The second-order valence-corrected chi connectivity index (χ2v) is 6.35. The lowest BCUT2D eigenvalue weighted by Gasteiger charge is -2.26. The van der Waals surface area contributed by atoms with Crippen LogP contribution in [0.15, 0.2) is 23.1 Å². The van der Waals surface area contributed by atoms with Crippen LogP contribution in [0.5, 0.6) is 0 Å². The molecule has 0 spiro atoms. The highest BCUT2D eigenvalue weighted by molar-refractivity contribution is 7.89. The molecule has 4 nitrogen and oxygen atoms in total. The van der Waals surface area contributed by atoms with Crippen LogP contribution < -0.4 is 10.5 Å². The summed E-state index contributed by atoms with van der Waals surface area (Å²) in [6.07, 6.45) is 2.60. The molecular formula is C11H13FN2O2S2. The molecule has 18 heavy (non-hydrogen) atoms. The molecule has 1 aromatic rings. The fourth-order valence-electron chi connectivity index (χ4n) is 1.78. The molecule has 2 rings (SSSR count). The number of nitrogens with two attached hydrogens (primary N) is 1. The van der Waals surface area contributed by atoms with Gasteiger partial charge in [-0.15, -0.1) is 0 Å². The second kappa shape index (κ2) is 4.91. The number of benzene rings is 1. The molecule has 7 heteroatoms. The zero-order chi connectivity index (χ0) is 13.3. The molecule has 0 atom stereocenters. The standard InChI is InChI=1S/C11H13FN2O2S2/c12-8-5-2-6-9(10(8)11(13)17)18(15,16)14-7-3-1-4-7/h2,5-7,14H,1,3-4H2,(H2,13,17). The zero-order valence-corrected chi connectivity index (χ0v) is 11.2. The fourth-order valence-corrected chi connectivity index (χ4v) is 3.58. The number of nitrogens with one attached hydrogen (secondary N) is 1. The van der Waals surface area contributed by atoms with Crippen molar-refractivity contribution in [3.05, 3.63) is 29.6 Å². The summed E-state index contributed by atoms with van der Waals surface area (Å²) < 4.78 is 40.4. The summed E-state index contributed by atoms with van der Waals surface area (Å²) in [6, 6.07) is 3.69. The van der Waals surface area contributed by atoms with Crippen molar-refractivity contribution >= 4 is 27.2 Å². The van der Waals surface area contributed by atoms with Crippen LogP contribution in [-0.2, 0) is 10.0 Å². The zero-order valence-electron chi connectivity index (χ0n) is 9.52. The lowest BCUT2D eigenvalue weighted by Crippen LogP contribution is -2.40. The van der Waals surface area contributed by atoms with E-state index in [1.54, 1.807) is 0 Å². The van der Waals surface area contributed by atoms with E-state index in [1.165, 1.54) is 12.1 Å². The van der Waals surface area contributed by atoms with E-state index in [1.807, 2.05) is 0 Å². The molecule has 0 aromatic heterocycles. The van der Waals surface area contributed by atoms with Crippen molar-refractivity contribution in [2.75, 3.05) is 0 Å². The Bertz CT molecular complexity index is 583. The van der Waals surface area contributed by atoms with E-state index >= 15 is 0 Å². The van der Waals surface area contributed by atoms with E-state index in [2.05, 4.69) is 4.72 Å². The Morgan fingerprint density at radius 1 is 1.44 bits per heavy atom. The quantitative estimate of drug-likeness (QED) is 0.819. The van der Waals surface area contributed by atoms with Gasteiger partial charge in [-0.1, -0.05) is 24.7 Å². The SMILES string of the molecule is NC(=S)c1c(F)cccc1S(=O)(=O)NC1CCC1. The van der Waals surface area contributed by atoms with Crippen LogP contribution in [0.3, 0.4) is 0 Å². The van der Waals surface area contributed by atoms with E-state index in [0.29, 0.717) is 0 Å². The maximum Gasteiger partial charge on any atom is 0.241 e. The molecule has 0 heterocycles. The van der Waals surface area contributed by atoms with Gasteiger partial charge in [-0.25, -0.2) is 17.5 Å². The van der Waals surface area contributed by atoms with Gasteiger partial charge in [0.15, 0.2) is 0 Å². The Morgan fingerprint density at radius 3 is 2.61 bits per heavy atom. The third-order valence-electron chi connectivity index (χ3n) is 2.94. The number of thiocarbonyl (C=S) groups is 1. The largest absolute Gasteiger partial charge is 0.389 e. The number of hydrogen-bond acceptors (Lipinski definition) is 3. The maximum absolute atomic E-state index is 13.6. The Morgan fingerprint density at radius 2 is 2.11 bits per heavy atom. The summed E-state index contributed by atoms with van der Waals surface area (Å²) in [5.41, 5.74) is 5.17. The first-order chi connectivity index (χ1) is 8.42. The fraction of sp³-hybridized carbons (Fsp3) is 0.364. The third kappa shape index (κ3) is 2.52. The van der Waals surface area contributed by atoms with Crippen LogP contribution in [0, 0.1) is 5.82 Å². The van der Waals surface area contributed by atoms with Gasteiger partial charge in [-0.05, 0) is 25.0 Å². The van der Waals surface area contributed by atoms with Crippen molar-refractivity contribution in [3.8, 4) is 0 Å². The number of sulfonamides is 1. The Kier molecular flexibility index (Phi) is 3.65. The van der Waals surface area contributed by atoms with Gasteiger partial charge >= 0.3 is 0 Å². The van der Waals surface area contributed by atoms with E-state index in [4.69, 9.17) is 18.0 Å². The molecule has 3 N–H and O–H groups in total. The van der Waals surface area contributed by atoms with Crippen molar-refractivity contribution in [1.29, 1.82) is 0 Å². The maximum atomic E-state index is 13.6. The normalized spacial score (nSPS) is 16.3. The summed E-state index contributed by atoms with van der Waals surface area (Å²) in [5.74, 6) is -0.723.